The van der Waals surface area contributed by atoms with Crippen LogP contribution in [0.3, 0.4) is 0 Å². The van der Waals surface area contributed by atoms with Gasteiger partial charge in [0.1, 0.15) is 6.15 Å². The zero-order valence-corrected chi connectivity index (χ0v) is 33.6. The normalized spacial score (nSPS) is 13.6. The first-order valence-electron chi connectivity index (χ1n) is 18.6. The fourth-order valence-electron chi connectivity index (χ4n) is 7.37. The minimum absolute atomic E-state index is 0.691. The molecule has 0 saturated carbocycles. The number of hydrogen-bond acceptors (Lipinski definition) is 1. The molecule has 28 heteroatoms. The van der Waals surface area contributed by atoms with Crippen LogP contribution in [0, 0.1) is 0 Å². The van der Waals surface area contributed by atoms with Crippen molar-refractivity contribution < 1.29 is 119 Å². The van der Waals surface area contributed by atoms with Crippen molar-refractivity contribution >= 4 is 38.9 Å². The van der Waals surface area contributed by atoms with Gasteiger partial charge in [-0.05, 0) is 36.4 Å². The summed E-state index contributed by atoms with van der Waals surface area (Å²) in [5, 5.41) is 1.03. The van der Waals surface area contributed by atoms with Crippen LogP contribution in [0.15, 0.2) is 115 Å². The number of nitrogens with zero attached hydrogens (tertiary/aromatic N) is 1. The molecule has 0 saturated heterocycles. The predicted molar refractivity (Wildman–Crippen MR) is 197 cm³/mol. The maximum absolute atomic E-state index is 14.2. The van der Waals surface area contributed by atoms with E-state index in [4.69, 9.17) is 4.84 Å². The number of hydrogen-bond donors (Lipinski definition) is 0. The van der Waals surface area contributed by atoms with Crippen LogP contribution in [0.4, 0.5) is 110 Å². The smallest absolute Gasteiger partial charge is 0.237 e. The molecule has 0 N–H and O–H groups in total. The average Bonchev–Trinajstić information content (AvgIpc) is 3.21. The Labute approximate surface area is 374 Å². The highest BCUT2D eigenvalue weighted by Gasteiger charge is 2.47. The molecule has 1 heterocycles. The summed E-state index contributed by atoms with van der Waals surface area (Å²) in [5.74, 6) is 0. The highest BCUT2D eigenvalue weighted by molar-refractivity contribution is 7.20. The second kappa shape index (κ2) is 18.4. The Morgan fingerprint density at radius 2 is 0.557 bits per heavy atom. The number of alkyl halides is 25. The topological polar surface area (TPSA) is 13.1 Å². The van der Waals surface area contributed by atoms with E-state index < -0.39 is 202 Å². The van der Waals surface area contributed by atoms with E-state index in [0.717, 1.165) is 10.9 Å². The first kappa shape index (κ1) is 54.6. The van der Waals surface area contributed by atoms with Crippen LogP contribution in [-0.4, -0.2) is 13.0 Å². The molecule has 2 nitrogen and oxygen atoms in total. The van der Waals surface area contributed by atoms with Gasteiger partial charge in [0.15, 0.2) is 0 Å². The van der Waals surface area contributed by atoms with Crippen LogP contribution in [0.2, 0.25) is 0 Å². The summed E-state index contributed by atoms with van der Waals surface area (Å²) in [6.45, 7) is -0.821. The van der Waals surface area contributed by atoms with Crippen LogP contribution in [0.1, 0.15) is 44.5 Å². The first-order valence-corrected chi connectivity index (χ1v) is 18.6. The highest BCUT2D eigenvalue weighted by Crippen LogP contribution is 2.41. The minimum atomic E-state index is -6.13. The van der Waals surface area contributed by atoms with Crippen molar-refractivity contribution in [3.05, 3.63) is 160 Å². The summed E-state index contributed by atoms with van der Waals surface area (Å²) in [5.41, 5.74) is -29.3. The summed E-state index contributed by atoms with van der Waals surface area (Å²) >= 11 is 0. The van der Waals surface area contributed by atoms with Gasteiger partial charge in [-0.3, -0.25) is 0 Å². The number of rotatable bonds is 6. The van der Waals surface area contributed by atoms with Crippen molar-refractivity contribution in [1.82, 2.24) is 0 Å². The van der Waals surface area contributed by atoms with Crippen LogP contribution in [0.5, 0.6) is 0 Å². The Morgan fingerprint density at radius 3 is 0.786 bits per heavy atom. The predicted octanol–water partition coefficient (Wildman–Crippen LogP) is 12.7. The van der Waals surface area contributed by atoms with E-state index in [-0.39, 0.29) is 0 Å². The fourth-order valence-corrected chi connectivity index (χ4v) is 7.37. The lowest BCUT2D eigenvalue weighted by molar-refractivity contribution is -0.875. The maximum atomic E-state index is 14.2. The minimum Gasteiger partial charge on any atom is -0.237 e. The van der Waals surface area contributed by atoms with Crippen LogP contribution >= 0.6 is 0 Å². The molecule has 1 aromatic heterocycles. The quantitative estimate of drug-likeness (QED) is 0.0920. The number of benzene rings is 5. The van der Waals surface area contributed by atoms with E-state index >= 15 is 0 Å². The van der Waals surface area contributed by atoms with Gasteiger partial charge in [0.25, 0.3) is 12.4 Å². The molecule has 0 aliphatic rings. The van der Waals surface area contributed by atoms with Crippen LogP contribution in [0.25, 0.3) is 10.9 Å². The third kappa shape index (κ3) is 12.0. The SMILES string of the molecule is FC(F)(F)c1cc([B-](c2cc(C(F)(F)F)cc(C(F)(F)F)c2)(c2cc(C(F)(F)F)cc(C(F)(F)F)c2)c2cc(C(F)(F)F)cc(C(F)(F)F)c2)cc(C(F)(F)F)c1.FCO[n+]1cccc2ccccc21. The van der Waals surface area contributed by atoms with Crippen molar-refractivity contribution in [3.8, 4) is 0 Å². The lowest BCUT2D eigenvalue weighted by Crippen LogP contribution is -2.75. The molecule has 0 unspecified atom stereocenters. The standard InChI is InChI=1S/C32H12BF24.C10H9FNO/c34-25(35,36)13-1-14(26(37,38)39)6-21(5-13)33(22-7-15(27(40,41)42)2-16(8-22)28(43,44)45,23-9-17(29(46,47)48)3-18(10-23)30(49,50)51)24-11-19(31(52,53)54)4-20(12-24)32(55,56)57;11-8-13-12-7-3-5-9-4-1-2-6-10(9)12/h1-12H;1-7H,8H2/q-1;+1. The molecule has 0 atom stereocenters. The summed E-state index contributed by atoms with van der Waals surface area (Å²) in [6.07, 6.45) is -53.1. The Hall–Kier alpha value is -6.38. The van der Waals surface area contributed by atoms with E-state index in [1.807, 2.05) is 36.4 Å². The van der Waals surface area contributed by atoms with E-state index in [1.54, 1.807) is 6.20 Å². The average molecular weight is 1040 g/mol. The molecule has 0 fully saturated rings. The van der Waals surface area contributed by atoms with Crippen molar-refractivity contribution in [2.24, 2.45) is 0 Å². The van der Waals surface area contributed by atoms with Crippen molar-refractivity contribution in [1.29, 1.82) is 0 Å². The van der Waals surface area contributed by atoms with Gasteiger partial charge in [-0.1, -0.05) is 60.7 Å². The lowest BCUT2D eigenvalue weighted by atomic mass is 9.12. The Morgan fingerprint density at radius 1 is 0.329 bits per heavy atom. The molecule has 0 bridgehead atoms. The molecule has 0 amide bonds. The van der Waals surface area contributed by atoms with Gasteiger partial charge in [-0.2, -0.15) is 132 Å². The zero-order valence-electron chi connectivity index (χ0n) is 33.6. The highest BCUT2D eigenvalue weighted by atomic mass is 19.4. The second-order valence-electron chi connectivity index (χ2n) is 14.9. The molecule has 6 rings (SSSR count). The maximum Gasteiger partial charge on any atom is 0.416 e. The van der Waals surface area contributed by atoms with Gasteiger partial charge in [0, 0.05) is 16.9 Å². The van der Waals surface area contributed by atoms with Gasteiger partial charge < -0.3 is 0 Å². The molecule has 5 aromatic carbocycles. The molecular weight excluding hydrogens is 1020 g/mol. The van der Waals surface area contributed by atoms with E-state index in [9.17, 15) is 110 Å². The molecule has 378 valence electrons. The van der Waals surface area contributed by atoms with Crippen molar-refractivity contribution in [2.75, 3.05) is 6.86 Å². The van der Waals surface area contributed by atoms with Gasteiger partial charge in [0.05, 0.1) is 49.9 Å². The number of aromatic nitrogens is 1. The van der Waals surface area contributed by atoms with Crippen molar-refractivity contribution in [2.45, 2.75) is 49.4 Å². The Bertz CT molecular complexity index is 2400. The molecule has 70 heavy (non-hydrogen) atoms. The first-order chi connectivity index (χ1) is 31.7. The molecule has 0 radical (unpaired) electrons. The van der Waals surface area contributed by atoms with E-state index in [2.05, 4.69) is 0 Å². The third-order valence-corrected chi connectivity index (χ3v) is 10.3. The number of pyridine rings is 1. The van der Waals surface area contributed by atoms with Crippen molar-refractivity contribution in [3.63, 3.8) is 0 Å². The number of fused-ring (bicyclic) bond motifs is 1. The summed E-state index contributed by atoms with van der Waals surface area (Å²) < 4.78 is 354. The Balaban J connectivity index is 0.000000600. The molecule has 0 spiro atoms. The van der Waals surface area contributed by atoms with Crippen LogP contribution in [-0.2, 0) is 49.4 Å². The number of halogens is 25. The molecular formula is C42H21BF25NO. The lowest BCUT2D eigenvalue weighted by Gasteiger charge is -2.46. The van der Waals surface area contributed by atoms with Gasteiger partial charge in [-0.25, -0.2) is 4.84 Å². The zero-order chi connectivity index (χ0) is 53.0. The summed E-state index contributed by atoms with van der Waals surface area (Å²) in [7, 11) is 0. The monoisotopic (exact) mass is 1040 g/mol. The summed E-state index contributed by atoms with van der Waals surface area (Å²) in [6, 6.07) is 2.61. The van der Waals surface area contributed by atoms with Gasteiger partial charge in [-0.15, -0.1) is 0 Å². The number of para-hydroxylation sites is 1. The Kier molecular flexibility index (Phi) is 14.4. The third-order valence-electron chi connectivity index (χ3n) is 10.3. The second-order valence-corrected chi connectivity index (χ2v) is 14.9. The largest absolute Gasteiger partial charge is 0.416 e. The van der Waals surface area contributed by atoms with Crippen LogP contribution < -0.4 is 31.4 Å². The van der Waals surface area contributed by atoms with Gasteiger partial charge >= 0.3 is 49.4 Å². The van der Waals surface area contributed by atoms with E-state index in [0.29, 0.717) is 0 Å². The summed E-state index contributed by atoms with van der Waals surface area (Å²) in [4.78, 5) is 4.77. The fraction of sp³-hybridized carbons (Fsp3) is 0.214. The molecule has 0 aliphatic carbocycles. The molecule has 6 aromatic rings. The van der Waals surface area contributed by atoms with Gasteiger partial charge in [0.2, 0.25) is 6.20 Å². The molecule has 0 aliphatic heterocycles. The van der Waals surface area contributed by atoms with E-state index in [1.165, 1.54) is 4.73 Å².